The lowest BCUT2D eigenvalue weighted by Crippen LogP contribution is -2.20. The topological polar surface area (TPSA) is 251 Å². The van der Waals surface area contributed by atoms with Crippen molar-refractivity contribution < 1.29 is 71.8 Å². The molecule has 0 spiro atoms. The number of nitro groups is 1. The number of hydrogen-bond donors (Lipinski definition) is 0. The molecule has 0 aromatic heterocycles. The van der Waals surface area contributed by atoms with Crippen molar-refractivity contribution >= 4 is 90.4 Å². The van der Waals surface area contributed by atoms with Crippen LogP contribution in [0.1, 0.15) is 302 Å². The second-order valence-corrected chi connectivity index (χ2v) is 41.0. The van der Waals surface area contributed by atoms with E-state index in [9.17, 15) is 58.1 Å². The zero-order chi connectivity index (χ0) is 98.2. The first-order valence-corrected chi connectivity index (χ1v) is 43.2. The van der Waals surface area contributed by atoms with E-state index < -0.39 is 27.1 Å². The Labute approximate surface area is 770 Å². The Morgan fingerprint density at radius 3 is 0.867 bits per heavy atom. The molecule has 0 unspecified atom stereocenters. The van der Waals surface area contributed by atoms with E-state index in [1.165, 1.54) is 42.5 Å². The van der Waals surface area contributed by atoms with Crippen LogP contribution in [0.3, 0.4) is 0 Å². The first kappa shape index (κ1) is 112. The van der Waals surface area contributed by atoms with Crippen LogP contribution >= 0.6 is 15.9 Å². The number of ether oxygens (including phenoxy) is 4. The number of non-ortho nitro benzene ring substituents is 1. The molecule has 0 aliphatic rings. The highest BCUT2D eigenvalue weighted by molar-refractivity contribution is 9.10. The minimum absolute atomic E-state index is 0.000425. The highest BCUT2D eigenvalue weighted by atomic mass is 79.9. The van der Waals surface area contributed by atoms with Gasteiger partial charge in [-0.25, -0.2) is 4.79 Å². The highest BCUT2D eigenvalue weighted by Crippen LogP contribution is 2.33. The Hall–Kier alpha value is -11.8. The molecule has 0 heterocycles. The first-order valence-electron chi connectivity index (χ1n) is 42.4. The predicted octanol–water partition coefficient (Wildman–Crippen LogP) is 28.5. The van der Waals surface area contributed by atoms with Crippen molar-refractivity contribution in [1.29, 1.82) is 0 Å². The van der Waals surface area contributed by atoms with E-state index in [4.69, 9.17) is 14.2 Å². The number of hydrogen-bond acceptors (Lipinski definition) is 16. The van der Waals surface area contributed by atoms with Gasteiger partial charge in [0.2, 0.25) is 0 Å². The third-order valence-corrected chi connectivity index (χ3v) is 19.3. The maximum Gasteiger partial charge on any atom is 0.337 e. The average molecular weight is 1810 g/mol. The molecule has 10 aromatic carbocycles. The van der Waals surface area contributed by atoms with Crippen LogP contribution in [-0.4, -0.2) is 91.4 Å². The van der Waals surface area contributed by atoms with Gasteiger partial charge in [0.05, 0.1) is 38.9 Å². The zero-order valence-corrected chi connectivity index (χ0v) is 83.5. The number of carbonyl (C=O) groups is 10. The van der Waals surface area contributed by atoms with Gasteiger partial charge in [-0.05, 0) is 110 Å². The van der Waals surface area contributed by atoms with Crippen molar-refractivity contribution in [3.63, 3.8) is 0 Å². The molecule has 10 aromatic rings. The number of nitrogens with zero attached hydrogens (tertiary/aromatic N) is 1. The number of halogens is 1. The van der Waals surface area contributed by atoms with Gasteiger partial charge in [0, 0.05) is 115 Å². The van der Waals surface area contributed by atoms with Crippen LogP contribution in [0.5, 0.6) is 17.2 Å². The third-order valence-electron chi connectivity index (χ3n) is 18.8. The summed E-state index contributed by atoms with van der Waals surface area (Å²) in [6.45, 7) is 55.5. The average Bonchev–Trinajstić information content (AvgIpc) is 0.784. The largest absolute Gasteiger partial charge is 0.497 e. The van der Waals surface area contributed by atoms with E-state index in [0.29, 0.717) is 22.3 Å². The molecular weight excluding hydrogens is 1670 g/mol. The Bertz CT molecular complexity index is 5190. The van der Waals surface area contributed by atoms with E-state index in [1.807, 2.05) is 359 Å². The lowest BCUT2D eigenvalue weighted by molar-refractivity contribution is -0.384. The molecule has 0 atom stereocenters. The van der Waals surface area contributed by atoms with Gasteiger partial charge < -0.3 is 18.9 Å². The molecule has 0 amide bonds. The van der Waals surface area contributed by atoms with Crippen LogP contribution in [0.15, 0.2) is 241 Å². The van der Waals surface area contributed by atoms with Crippen LogP contribution < -0.4 is 14.2 Å². The number of aryl methyl sites for hydroxylation is 2. The summed E-state index contributed by atoms with van der Waals surface area (Å²) in [6.07, 6.45) is 0. The molecule has 0 fully saturated rings. The number of carbonyl (C=O) groups excluding carboxylic acids is 10. The molecular formula is C110H138BrNO16. The van der Waals surface area contributed by atoms with Crippen molar-refractivity contribution in [1.82, 2.24) is 0 Å². The summed E-state index contributed by atoms with van der Waals surface area (Å²) in [6, 6.07) is 70.7. The van der Waals surface area contributed by atoms with Crippen molar-refractivity contribution in [2.75, 3.05) is 28.4 Å². The quantitative estimate of drug-likeness (QED) is 0.0425. The second-order valence-electron chi connectivity index (χ2n) is 40.1. The van der Waals surface area contributed by atoms with E-state index in [1.54, 1.807) is 75.9 Å². The summed E-state index contributed by atoms with van der Waals surface area (Å²) in [5.41, 5.74) is 6.06. The van der Waals surface area contributed by atoms with Crippen molar-refractivity contribution in [3.05, 3.63) is 318 Å². The Balaban J connectivity index is 0.000000489. The summed E-state index contributed by atoms with van der Waals surface area (Å²) in [5.74, 6) is 2.99. The lowest BCUT2D eigenvalue weighted by atomic mass is 9.84. The van der Waals surface area contributed by atoms with Gasteiger partial charge in [-0.3, -0.25) is 53.3 Å². The molecule has 0 bridgehead atoms. The summed E-state index contributed by atoms with van der Waals surface area (Å²) >= 11 is 3.33. The number of ketones is 9. The van der Waals surface area contributed by atoms with E-state index in [-0.39, 0.29) is 90.2 Å². The van der Waals surface area contributed by atoms with Gasteiger partial charge in [-0.2, -0.15) is 0 Å². The summed E-state index contributed by atoms with van der Waals surface area (Å²) in [4.78, 5) is 128. The Morgan fingerprint density at radius 1 is 0.266 bits per heavy atom. The highest BCUT2D eigenvalue weighted by Gasteiger charge is 2.30. The van der Waals surface area contributed by atoms with Crippen LogP contribution in [0.2, 0.25) is 0 Å². The number of Topliss-reactive ketones (excluding diaryl/α,β-unsaturated/α-hetero) is 9. The summed E-state index contributed by atoms with van der Waals surface area (Å²) in [7, 11) is 6.15. The van der Waals surface area contributed by atoms with Crippen LogP contribution in [0, 0.1) is 72.7 Å². The van der Waals surface area contributed by atoms with Gasteiger partial charge in [0.25, 0.3) is 5.69 Å². The Kier molecular flexibility index (Phi) is 43.0. The van der Waals surface area contributed by atoms with Gasteiger partial charge in [-0.1, -0.05) is 354 Å². The third kappa shape index (κ3) is 38.4. The molecule has 0 aliphatic carbocycles. The maximum absolute atomic E-state index is 12.5. The standard InChI is InChI=1S/C16H18O2.C13H16O3.2C12H16O2.2C12H16O.C11H13BrO.C11H13NO3.C11H14O/c1-16(2,3)15(17)14-10-12(18-4)9-11-7-5-6-8-13(11)14;1-13(2,3)11(14)9-6-5-7-10(8-9)12(15)16-4;1-12(2,3)11(13)9-5-7-10(14-4)8-6-9;1-12(2,3)11(13)9-6-5-7-10(8-9)14-4;2*1-9-5-7-10(8-6-9)11(13)12(2,3)4;1-11(2,3)10(13)8-4-6-9(12)7-5-8;1-11(2,3)10(13)8-4-6-9(7-5-8)12(14)15;1-11(2,3)10(12)9-7-5-4-6-8-9/h5-10H,1-4H3;5-8H,1-4H3;2*5-8H,1-4H3;2*5-8H,1-4H3;4-7H,1-3H3;4-7H,1-3H3;4-8H,1-3H3. The molecule has 18 heteroatoms. The Morgan fingerprint density at radius 2 is 0.539 bits per heavy atom. The lowest BCUT2D eigenvalue weighted by Gasteiger charge is -2.18. The fourth-order valence-corrected chi connectivity index (χ4v) is 11.5. The van der Waals surface area contributed by atoms with E-state index in [2.05, 4.69) is 20.7 Å². The van der Waals surface area contributed by atoms with Crippen LogP contribution in [0.25, 0.3) is 10.8 Å². The fraction of sp³-hybridized carbons (Fsp3) is 0.382. The minimum atomic E-state index is -0.481. The molecule has 0 radical (unpaired) electrons. The van der Waals surface area contributed by atoms with Gasteiger partial charge in [-0.15, -0.1) is 0 Å². The predicted molar refractivity (Wildman–Crippen MR) is 524 cm³/mol. The minimum Gasteiger partial charge on any atom is -0.497 e. The zero-order valence-electron chi connectivity index (χ0n) is 81.9. The van der Waals surface area contributed by atoms with Crippen molar-refractivity contribution in [2.45, 2.75) is 201 Å². The number of esters is 1. The van der Waals surface area contributed by atoms with Gasteiger partial charge in [0.15, 0.2) is 52.0 Å². The van der Waals surface area contributed by atoms with Crippen molar-refractivity contribution in [3.8, 4) is 17.2 Å². The van der Waals surface area contributed by atoms with E-state index in [0.717, 1.165) is 65.9 Å². The molecule has 0 N–H and O–H groups in total. The number of fused-ring (bicyclic) bond motifs is 1. The number of methoxy groups -OCH3 is 4. The molecule has 686 valence electrons. The summed E-state index contributed by atoms with van der Waals surface area (Å²) in [5, 5.41) is 12.4. The number of benzene rings is 10. The van der Waals surface area contributed by atoms with E-state index >= 15 is 0 Å². The maximum atomic E-state index is 12.5. The molecule has 17 nitrogen and oxygen atoms in total. The number of nitro benzene ring substituents is 1. The van der Waals surface area contributed by atoms with Crippen LogP contribution in [-0.2, 0) is 4.74 Å². The molecule has 128 heavy (non-hydrogen) atoms. The monoisotopic (exact) mass is 1810 g/mol. The molecule has 10 rings (SSSR count). The molecule has 0 aliphatic heterocycles. The SMILES string of the molecule is CC(C)(C)C(=O)c1ccc(Br)cc1.CC(C)(C)C(=O)c1ccc([N+](=O)[O-])cc1.CC(C)(C)C(=O)c1ccccc1.COC(=O)c1cccc(C(=O)C(C)(C)C)c1.COc1cc(C(=O)C(C)(C)C)c2ccccc2c1.COc1ccc(C(=O)C(C)(C)C)cc1.COc1cccc(C(=O)C(C)(C)C)c1.Cc1ccc(C(=O)C(C)(C)C)cc1.Cc1ccc(C(=O)C(C)(C)C)cc1. The normalized spacial score (nSPS) is 11.3. The molecule has 0 saturated carbocycles. The smallest absolute Gasteiger partial charge is 0.337 e. The van der Waals surface area contributed by atoms with Crippen LogP contribution in [0.4, 0.5) is 5.69 Å². The van der Waals surface area contributed by atoms with Gasteiger partial charge >= 0.3 is 5.97 Å². The van der Waals surface area contributed by atoms with Gasteiger partial charge in [0.1, 0.15) is 17.2 Å². The molecule has 0 saturated heterocycles. The number of rotatable bonds is 14. The van der Waals surface area contributed by atoms with Crippen molar-refractivity contribution in [2.24, 2.45) is 48.7 Å². The fourth-order valence-electron chi connectivity index (χ4n) is 11.2. The second kappa shape index (κ2) is 49.0. The summed E-state index contributed by atoms with van der Waals surface area (Å²) < 4.78 is 21.0. The first-order chi connectivity index (χ1) is 58.8.